The second-order valence-corrected chi connectivity index (χ2v) is 9.75. The second-order valence-electron chi connectivity index (χ2n) is 9.75. The molecular formula is C30H21NO3. The van der Waals surface area contributed by atoms with E-state index in [1.54, 1.807) is 0 Å². The summed E-state index contributed by atoms with van der Waals surface area (Å²) in [5, 5.41) is 1.80. The summed E-state index contributed by atoms with van der Waals surface area (Å²) in [5.74, 6) is -1.97. The summed E-state index contributed by atoms with van der Waals surface area (Å²) in [6.07, 6.45) is 0.916. The van der Waals surface area contributed by atoms with Gasteiger partial charge >= 0.3 is 0 Å². The standard InChI is InChI=1S/C30H21NO3/c1-29-20-12-4-6-14-22(20)30(17-32,23-15-7-5-13-21(23)29)26-25(29)27(33)31(28(26)34)24-16-8-10-18-9-2-3-11-19(18)24/h2-17,25-26H,1H3/t25-,26+,29?,30?/m1/s1. The van der Waals surface area contributed by atoms with Crippen molar-refractivity contribution in [2.45, 2.75) is 17.8 Å². The largest absolute Gasteiger partial charge is 0.302 e. The molecule has 164 valence electrons. The maximum atomic E-state index is 14.3. The van der Waals surface area contributed by atoms with Crippen LogP contribution in [0.15, 0.2) is 91.0 Å². The molecule has 2 bridgehead atoms. The second kappa shape index (κ2) is 6.29. The van der Waals surface area contributed by atoms with Gasteiger partial charge in [0.1, 0.15) is 6.29 Å². The lowest BCUT2D eigenvalue weighted by Gasteiger charge is -2.56. The maximum Gasteiger partial charge on any atom is 0.239 e. The van der Waals surface area contributed by atoms with Gasteiger partial charge in [-0.15, -0.1) is 0 Å². The van der Waals surface area contributed by atoms with Gasteiger partial charge < -0.3 is 4.79 Å². The fourth-order valence-electron chi connectivity index (χ4n) is 7.10. The van der Waals surface area contributed by atoms with Gasteiger partial charge in [-0.3, -0.25) is 9.59 Å². The van der Waals surface area contributed by atoms with E-state index in [9.17, 15) is 14.4 Å². The molecule has 0 radical (unpaired) electrons. The predicted octanol–water partition coefficient (Wildman–Crippen LogP) is 4.76. The molecule has 2 amide bonds. The van der Waals surface area contributed by atoms with Crippen molar-refractivity contribution in [2.75, 3.05) is 4.90 Å². The average Bonchev–Trinajstić information content (AvgIpc) is 3.16. The van der Waals surface area contributed by atoms with Crippen molar-refractivity contribution in [2.24, 2.45) is 11.8 Å². The lowest BCUT2D eigenvalue weighted by molar-refractivity contribution is -0.129. The van der Waals surface area contributed by atoms with Crippen LogP contribution in [0.1, 0.15) is 29.2 Å². The Bertz CT molecular complexity index is 1520. The lowest BCUT2D eigenvalue weighted by Crippen LogP contribution is -2.61. The Hall–Kier alpha value is -4.05. The first-order valence-corrected chi connectivity index (χ1v) is 11.6. The van der Waals surface area contributed by atoms with Crippen LogP contribution in [0.4, 0.5) is 5.69 Å². The average molecular weight is 444 g/mol. The minimum absolute atomic E-state index is 0.232. The molecule has 0 unspecified atom stereocenters. The Kier molecular flexibility index (Phi) is 3.59. The summed E-state index contributed by atoms with van der Waals surface area (Å²) in [6, 6.07) is 29.1. The van der Waals surface area contributed by atoms with Gasteiger partial charge in [0.25, 0.3) is 0 Å². The van der Waals surface area contributed by atoms with Crippen LogP contribution in [0.25, 0.3) is 10.8 Å². The predicted molar refractivity (Wildman–Crippen MR) is 130 cm³/mol. The highest BCUT2D eigenvalue weighted by atomic mass is 16.2. The van der Waals surface area contributed by atoms with E-state index in [2.05, 4.69) is 6.92 Å². The van der Waals surface area contributed by atoms with Crippen LogP contribution in [-0.4, -0.2) is 18.1 Å². The van der Waals surface area contributed by atoms with Gasteiger partial charge in [0, 0.05) is 10.8 Å². The molecule has 0 saturated carbocycles. The summed E-state index contributed by atoms with van der Waals surface area (Å²) in [7, 11) is 0. The number of amides is 2. The molecule has 4 aromatic rings. The van der Waals surface area contributed by atoms with E-state index in [0.717, 1.165) is 39.3 Å². The number of aldehydes is 1. The van der Waals surface area contributed by atoms with Crippen LogP contribution >= 0.6 is 0 Å². The van der Waals surface area contributed by atoms with Crippen molar-refractivity contribution in [1.29, 1.82) is 0 Å². The third-order valence-corrected chi connectivity index (χ3v) is 8.48. The number of hydrogen-bond acceptors (Lipinski definition) is 3. The topological polar surface area (TPSA) is 54.5 Å². The van der Waals surface area contributed by atoms with Crippen molar-refractivity contribution >= 4 is 34.6 Å². The normalized spacial score (nSPS) is 28.6. The van der Waals surface area contributed by atoms with Gasteiger partial charge in [-0.2, -0.15) is 0 Å². The zero-order valence-corrected chi connectivity index (χ0v) is 18.6. The van der Waals surface area contributed by atoms with Crippen molar-refractivity contribution in [3.05, 3.63) is 113 Å². The molecule has 34 heavy (non-hydrogen) atoms. The van der Waals surface area contributed by atoms with Gasteiger partial charge in [-0.25, -0.2) is 4.90 Å². The van der Waals surface area contributed by atoms with Gasteiger partial charge in [0.2, 0.25) is 11.8 Å². The van der Waals surface area contributed by atoms with E-state index in [-0.39, 0.29) is 11.8 Å². The first-order valence-electron chi connectivity index (χ1n) is 11.6. The molecule has 8 rings (SSSR count). The highest BCUT2D eigenvalue weighted by Crippen LogP contribution is 2.66. The number of carbonyl (C=O) groups is 3. The Morgan fingerprint density at radius 3 is 1.85 bits per heavy atom. The Morgan fingerprint density at radius 1 is 0.676 bits per heavy atom. The minimum atomic E-state index is -1.19. The Morgan fingerprint density at radius 2 is 1.21 bits per heavy atom. The molecule has 1 aliphatic heterocycles. The van der Waals surface area contributed by atoms with E-state index in [4.69, 9.17) is 0 Å². The first kappa shape index (κ1) is 19.4. The third-order valence-electron chi connectivity index (χ3n) is 8.48. The van der Waals surface area contributed by atoms with Gasteiger partial charge in [0.15, 0.2) is 0 Å². The number of rotatable bonds is 2. The monoisotopic (exact) mass is 443 g/mol. The van der Waals surface area contributed by atoms with Crippen LogP contribution in [-0.2, 0) is 25.2 Å². The molecule has 4 heteroatoms. The SMILES string of the molecule is CC12c3ccccc3C(C=O)(c3ccccc31)[C@@H]1C(=O)N(c3cccc4ccccc34)C(=O)[C@@H]12. The highest BCUT2D eigenvalue weighted by molar-refractivity contribution is 6.27. The number of imide groups is 1. The quantitative estimate of drug-likeness (QED) is 0.331. The summed E-state index contributed by atoms with van der Waals surface area (Å²) in [5.41, 5.74) is 2.28. The first-order chi connectivity index (χ1) is 16.5. The van der Waals surface area contributed by atoms with E-state index in [1.165, 1.54) is 4.90 Å². The molecule has 2 atom stereocenters. The highest BCUT2D eigenvalue weighted by Gasteiger charge is 2.72. The van der Waals surface area contributed by atoms with Crippen LogP contribution in [0.3, 0.4) is 0 Å². The minimum Gasteiger partial charge on any atom is -0.302 e. The number of anilines is 1. The molecule has 1 saturated heterocycles. The fraction of sp³-hybridized carbons (Fsp3) is 0.167. The van der Waals surface area contributed by atoms with Gasteiger partial charge in [-0.05, 0) is 33.7 Å². The molecule has 0 spiro atoms. The summed E-state index contributed by atoms with van der Waals surface area (Å²) in [6.45, 7) is 2.06. The Labute approximate surface area is 196 Å². The Balaban J connectivity index is 1.56. The van der Waals surface area contributed by atoms with Crippen molar-refractivity contribution in [3.8, 4) is 0 Å². The zero-order chi connectivity index (χ0) is 23.2. The van der Waals surface area contributed by atoms with Crippen LogP contribution in [0.5, 0.6) is 0 Å². The van der Waals surface area contributed by atoms with Crippen molar-refractivity contribution in [1.82, 2.24) is 0 Å². The summed E-state index contributed by atoms with van der Waals surface area (Å²) < 4.78 is 0. The van der Waals surface area contributed by atoms with E-state index < -0.39 is 22.7 Å². The maximum absolute atomic E-state index is 14.3. The summed E-state index contributed by atoms with van der Waals surface area (Å²) >= 11 is 0. The molecule has 1 fully saturated rings. The van der Waals surface area contributed by atoms with E-state index in [1.807, 2.05) is 91.0 Å². The van der Waals surface area contributed by atoms with E-state index in [0.29, 0.717) is 5.69 Å². The third kappa shape index (κ3) is 1.95. The number of benzene rings is 4. The van der Waals surface area contributed by atoms with Gasteiger partial charge in [-0.1, -0.05) is 91.9 Å². The fourth-order valence-corrected chi connectivity index (χ4v) is 7.10. The molecule has 1 heterocycles. The van der Waals surface area contributed by atoms with Gasteiger partial charge in [0.05, 0.1) is 22.9 Å². The van der Waals surface area contributed by atoms with E-state index >= 15 is 0 Å². The summed E-state index contributed by atoms with van der Waals surface area (Å²) in [4.78, 5) is 43.0. The molecule has 0 N–H and O–H groups in total. The number of fused-ring (bicyclic) bond motifs is 1. The molecule has 4 nitrogen and oxygen atoms in total. The number of nitrogens with zero attached hydrogens (tertiary/aromatic N) is 1. The molecule has 0 aromatic heterocycles. The molecule has 3 aliphatic carbocycles. The van der Waals surface area contributed by atoms with Crippen LogP contribution in [0.2, 0.25) is 0 Å². The van der Waals surface area contributed by atoms with Crippen molar-refractivity contribution in [3.63, 3.8) is 0 Å². The smallest absolute Gasteiger partial charge is 0.239 e. The molecular weight excluding hydrogens is 422 g/mol. The van der Waals surface area contributed by atoms with Crippen LogP contribution < -0.4 is 4.90 Å². The number of carbonyl (C=O) groups excluding carboxylic acids is 3. The zero-order valence-electron chi connectivity index (χ0n) is 18.6. The van der Waals surface area contributed by atoms with Crippen LogP contribution in [0, 0.1) is 11.8 Å². The molecule has 4 aliphatic rings. The molecule has 4 aromatic carbocycles. The number of hydrogen-bond donors (Lipinski definition) is 0. The lowest BCUT2D eigenvalue weighted by atomic mass is 9.42. The van der Waals surface area contributed by atoms with Crippen molar-refractivity contribution < 1.29 is 14.4 Å².